The number of morpholine rings is 1. The molecule has 1 heterocycles. The molecule has 0 radical (unpaired) electrons. The minimum absolute atomic E-state index is 0.0381. The lowest BCUT2D eigenvalue weighted by molar-refractivity contribution is -0.143. The number of nitrogens with zero attached hydrogens (tertiary/aromatic N) is 1. The second-order valence-electron chi connectivity index (χ2n) is 4.46. The van der Waals surface area contributed by atoms with E-state index in [0.717, 1.165) is 6.26 Å². The van der Waals surface area contributed by atoms with Crippen molar-refractivity contribution in [1.29, 1.82) is 0 Å². The Bertz CT molecular complexity index is 369. The van der Waals surface area contributed by atoms with Crippen molar-refractivity contribution in [1.82, 2.24) is 9.62 Å². The first-order valence-electron chi connectivity index (χ1n) is 5.65. The number of hydrogen-bond donors (Lipinski definition) is 1. The van der Waals surface area contributed by atoms with Crippen molar-refractivity contribution in [3.05, 3.63) is 0 Å². The van der Waals surface area contributed by atoms with Crippen LogP contribution in [0.1, 0.15) is 20.3 Å². The summed E-state index contributed by atoms with van der Waals surface area (Å²) in [5.41, 5.74) is 0. The molecule has 1 saturated heterocycles. The van der Waals surface area contributed by atoms with E-state index in [2.05, 4.69) is 4.72 Å². The fourth-order valence-corrected chi connectivity index (χ4v) is 2.21. The number of amides is 1. The predicted octanol–water partition coefficient (Wildman–Crippen LogP) is -0.438. The van der Waals surface area contributed by atoms with Gasteiger partial charge >= 0.3 is 0 Å². The van der Waals surface area contributed by atoms with E-state index in [9.17, 15) is 13.2 Å². The van der Waals surface area contributed by atoms with Gasteiger partial charge in [0, 0.05) is 19.5 Å². The summed E-state index contributed by atoms with van der Waals surface area (Å²) in [7, 11) is -3.22. The van der Waals surface area contributed by atoms with Gasteiger partial charge in [0.2, 0.25) is 15.9 Å². The zero-order chi connectivity index (χ0) is 13.1. The number of hydrogen-bond acceptors (Lipinski definition) is 4. The molecule has 7 heteroatoms. The normalized spacial score (nSPS) is 25.9. The van der Waals surface area contributed by atoms with Crippen LogP contribution in [0.5, 0.6) is 0 Å². The maximum atomic E-state index is 11.9. The second kappa shape index (κ2) is 5.79. The Morgan fingerprint density at radius 2 is 2.12 bits per heavy atom. The van der Waals surface area contributed by atoms with Crippen LogP contribution >= 0.6 is 0 Å². The monoisotopic (exact) mass is 264 g/mol. The molecule has 0 aliphatic carbocycles. The highest BCUT2D eigenvalue weighted by Crippen LogP contribution is 2.12. The van der Waals surface area contributed by atoms with Gasteiger partial charge in [0.25, 0.3) is 0 Å². The quantitative estimate of drug-likeness (QED) is 0.747. The van der Waals surface area contributed by atoms with Crippen molar-refractivity contribution in [2.24, 2.45) is 0 Å². The highest BCUT2D eigenvalue weighted by Gasteiger charge is 2.26. The molecule has 0 unspecified atom stereocenters. The van der Waals surface area contributed by atoms with Gasteiger partial charge in [-0.3, -0.25) is 4.79 Å². The Labute approximate surface area is 102 Å². The van der Waals surface area contributed by atoms with Gasteiger partial charge in [-0.15, -0.1) is 0 Å². The topological polar surface area (TPSA) is 75.7 Å². The van der Waals surface area contributed by atoms with E-state index in [1.54, 1.807) is 4.90 Å². The maximum Gasteiger partial charge on any atom is 0.224 e. The number of rotatable bonds is 4. The molecule has 2 atom stereocenters. The summed E-state index contributed by atoms with van der Waals surface area (Å²) in [5, 5.41) is 0. The first kappa shape index (κ1) is 14.4. The van der Waals surface area contributed by atoms with Gasteiger partial charge in [-0.25, -0.2) is 13.1 Å². The average Bonchev–Trinajstić information content (AvgIpc) is 2.19. The lowest BCUT2D eigenvalue weighted by atomic mass is 10.2. The van der Waals surface area contributed by atoms with Gasteiger partial charge in [-0.05, 0) is 13.8 Å². The molecule has 17 heavy (non-hydrogen) atoms. The van der Waals surface area contributed by atoms with E-state index in [-0.39, 0.29) is 31.0 Å². The first-order chi connectivity index (χ1) is 7.79. The van der Waals surface area contributed by atoms with E-state index < -0.39 is 10.0 Å². The molecule has 0 spiro atoms. The summed E-state index contributed by atoms with van der Waals surface area (Å²) in [4.78, 5) is 13.6. The minimum Gasteiger partial charge on any atom is -0.375 e. The SMILES string of the molecule is C[C@H]1CN(C(=O)CCNS(C)(=O)=O)[C@@H](C)CO1. The van der Waals surface area contributed by atoms with Gasteiger partial charge in [-0.2, -0.15) is 0 Å². The Balaban J connectivity index is 2.41. The Morgan fingerprint density at radius 3 is 2.71 bits per heavy atom. The Kier molecular flexibility index (Phi) is 4.91. The summed E-state index contributed by atoms with van der Waals surface area (Å²) in [6.07, 6.45) is 1.30. The van der Waals surface area contributed by atoms with Gasteiger partial charge in [0.1, 0.15) is 0 Å². The lowest BCUT2D eigenvalue weighted by Crippen LogP contribution is -2.50. The molecular weight excluding hydrogens is 244 g/mol. The summed E-state index contributed by atoms with van der Waals surface area (Å²) in [5.74, 6) is -0.0381. The van der Waals surface area contributed by atoms with Crippen LogP contribution in [0.4, 0.5) is 0 Å². The van der Waals surface area contributed by atoms with Gasteiger partial charge in [-0.1, -0.05) is 0 Å². The summed E-state index contributed by atoms with van der Waals surface area (Å²) < 4.78 is 29.4. The minimum atomic E-state index is -3.22. The summed E-state index contributed by atoms with van der Waals surface area (Å²) >= 11 is 0. The predicted molar refractivity (Wildman–Crippen MR) is 64.1 cm³/mol. The van der Waals surface area contributed by atoms with Crippen molar-refractivity contribution in [3.63, 3.8) is 0 Å². The summed E-state index contributed by atoms with van der Waals surface area (Å²) in [6, 6.07) is 0.0527. The second-order valence-corrected chi connectivity index (χ2v) is 6.29. The number of nitrogens with one attached hydrogen (secondary N) is 1. The first-order valence-corrected chi connectivity index (χ1v) is 7.54. The van der Waals surface area contributed by atoms with Crippen LogP contribution in [0.25, 0.3) is 0 Å². The van der Waals surface area contributed by atoms with Crippen LogP contribution in [0, 0.1) is 0 Å². The number of carbonyl (C=O) groups is 1. The number of ether oxygens (including phenoxy) is 1. The van der Waals surface area contributed by atoms with Crippen molar-refractivity contribution in [2.75, 3.05) is 26.0 Å². The molecule has 0 bridgehead atoms. The smallest absolute Gasteiger partial charge is 0.224 e. The zero-order valence-corrected chi connectivity index (χ0v) is 11.3. The average molecular weight is 264 g/mol. The van der Waals surface area contributed by atoms with E-state index >= 15 is 0 Å². The molecule has 1 fully saturated rings. The highest BCUT2D eigenvalue weighted by molar-refractivity contribution is 7.88. The molecule has 0 saturated carbocycles. The Morgan fingerprint density at radius 1 is 1.47 bits per heavy atom. The molecule has 1 aliphatic rings. The fourth-order valence-electron chi connectivity index (χ4n) is 1.74. The van der Waals surface area contributed by atoms with Crippen LogP contribution in [-0.2, 0) is 19.6 Å². The molecule has 100 valence electrons. The van der Waals surface area contributed by atoms with Crippen LogP contribution in [0.15, 0.2) is 0 Å². The largest absolute Gasteiger partial charge is 0.375 e. The molecule has 1 N–H and O–H groups in total. The third-order valence-corrected chi connectivity index (χ3v) is 3.36. The third kappa shape index (κ3) is 5.01. The van der Waals surface area contributed by atoms with E-state index in [0.29, 0.717) is 13.2 Å². The molecule has 0 aromatic rings. The number of sulfonamides is 1. The molecule has 1 aliphatic heterocycles. The molecule has 6 nitrogen and oxygen atoms in total. The van der Waals surface area contributed by atoms with Crippen LogP contribution in [0.2, 0.25) is 0 Å². The number of carbonyl (C=O) groups excluding carboxylic acids is 1. The zero-order valence-electron chi connectivity index (χ0n) is 10.5. The van der Waals surface area contributed by atoms with Crippen molar-refractivity contribution < 1.29 is 17.9 Å². The Hall–Kier alpha value is -0.660. The fraction of sp³-hybridized carbons (Fsp3) is 0.900. The highest BCUT2D eigenvalue weighted by atomic mass is 32.2. The molecule has 0 aromatic heterocycles. The van der Waals surface area contributed by atoms with Gasteiger partial charge in [0.05, 0.1) is 25.0 Å². The van der Waals surface area contributed by atoms with Crippen LogP contribution in [0.3, 0.4) is 0 Å². The lowest BCUT2D eigenvalue weighted by Gasteiger charge is -2.36. The van der Waals surface area contributed by atoms with Crippen LogP contribution in [-0.4, -0.2) is 57.3 Å². The molecular formula is C10H20N2O4S. The summed E-state index contributed by atoms with van der Waals surface area (Å²) in [6.45, 7) is 5.09. The molecule has 0 aromatic carbocycles. The molecule has 1 amide bonds. The van der Waals surface area contributed by atoms with E-state index in [4.69, 9.17) is 4.74 Å². The maximum absolute atomic E-state index is 11.9. The molecule has 1 rings (SSSR count). The van der Waals surface area contributed by atoms with Crippen molar-refractivity contribution in [2.45, 2.75) is 32.4 Å². The van der Waals surface area contributed by atoms with Gasteiger partial charge < -0.3 is 9.64 Å². The van der Waals surface area contributed by atoms with E-state index in [1.165, 1.54) is 0 Å². The van der Waals surface area contributed by atoms with Crippen molar-refractivity contribution in [3.8, 4) is 0 Å². The third-order valence-electron chi connectivity index (χ3n) is 2.63. The van der Waals surface area contributed by atoms with Gasteiger partial charge in [0.15, 0.2) is 0 Å². The van der Waals surface area contributed by atoms with Crippen molar-refractivity contribution >= 4 is 15.9 Å². The van der Waals surface area contributed by atoms with Crippen LogP contribution < -0.4 is 4.72 Å². The van der Waals surface area contributed by atoms with E-state index in [1.807, 2.05) is 13.8 Å². The standard InChI is InChI=1S/C10H20N2O4S/c1-8-7-16-9(2)6-12(8)10(13)4-5-11-17(3,14)15/h8-9,11H,4-7H2,1-3H3/t8-,9-/m0/s1.